The first-order valence-corrected chi connectivity index (χ1v) is 15.2. The largest absolute Gasteiger partial charge is 0.747 e. The number of aliphatic hydroxyl groups is 1. The molecule has 0 aliphatic rings. The van der Waals surface area contributed by atoms with Gasteiger partial charge in [-0.15, -0.1) is 0 Å². The quantitative estimate of drug-likeness (QED) is 0.112. The first kappa shape index (κ1) is 33.3. The smallest absolute Gasteiger partial charge is 0.219 e. The molecule has 0 fully saturated rings. The van der Waals surface area contributed by atoms with Crippen LogP contribution in [0.2, 0.25) is 0 Å². The molecule has 8 heteroatoms. The van der Waals surface area contributed by atoms with Crippen molar-refractivity contribution < 1.29 is 27.4 Å². The van der Waals surface area contributed by atoms with Gasteiger partial charge in [-0.2, -0.15) is 0 Å². The van der Waals surface area contributed by atoms with Gasteiger partial charge in [-0.05, 0) is 6.42 Å². The molecule has 0 rings (SSSR count). The Labute approximate surface area is 210 Å². The molecule has 0 aromatic heterocycles. The van der Waals surface area contributed by atoms with Gasteiger partial charge in [0.1, 0.15) is 15.4 Å². The van der Waals surface area contributed by atoms with E-state index in [1.807, 2.05) is 14.1 Å². The van der Waals surface area contributed by atoms with Gasteiger partial charge in [0.2, 0.25) is 5.91 Å². The van der Waals surface area contributed by atoms with E-state index in [0.717, 1.165) is 12.8 Å². The third kappa shape index (κ3) is 20.7. The lowest BCUT2D eigenvalue weighted by molar-refractivity contribution is -0.890. The number of amides is 1. The topological polar surface area (TPSA) is 107 Å². The van der Waals surface area contributed by atoms with Crippen LogP contribution in [0, 0.1) is 0 Å². The fourth-order valence-electron chi connectivity index (χ4n) is 4.36. The SMILES string of the molecule is CCCCCCCCCCCCCCCCCC(=O)NCCC[N+](C)(C)CC(CO)S(=O)(=O)[O-]. The Bertz CT molecular complexity index is 596. The molecule has 1 unspecified atom stereocenters. The molecule has 1 atom stereocenters. The van der Waals surface area contributed by atoms with Crippen molar-refractivity contribution in [3.63, 3.8) is 0 Å². The minimum atomic E-state index is -4.51. The van der Waals surface area contributed by atoms with Gasteiger partial charge in [0, 0.05) is 19.4 Å². The molecule has 0 spiro atoms. The van der Waals surface area contributed by atoms with Crippen molar-refractivity contribution in [1.82, 2.24) is 5.32 Å². The number of aliphatic hydroxyl groups excluding tert-OH is 1. The summed E-state index contributed by atoms with van der Waals surface area (Å²) >= 11 is 0. The zero-order valence-corrected chi connectivity index (χ0v) is 23.2. The number of hydrogen-bond acceptors (Lipinski definition) is 5. The molecule has 0 aliphatic heterocycles. The van der Waals surface area contributed by atoms with Crippen LogP contribution in [-0.4, -0.2) is 74.1 Å². The van der Waals surface area contributed by atoms with E-state index in [9.17, 15) is 17.8 Å². The highest BCUT2D eigenvalue weighted by molar-refractivity contribution is 7.86. The Kier molecular flexibility index (Phi) is 20.1. The van der Waals surface area contributed by atoms with E-state index in [4.69, 9.17) is 5.11 Å². The van der Waals surface area contributed by atoms with Gasteiger partial charge in [-0.1, -0.05) is 96.8 Å². The van der Waals surface area contributed by atoms with E-state index in [0.29, 0.717) is 30.4 Å². The number of hydrogen-bond donors (Lipinski definition) is 2. The summed E-state index contributed by atoms with van der Waals surface area (Å²) in [5, 5.41) is 10.8. The fourth-order valence-corrected chi connectivity index (χ4v) is 5.13. The van der Waals surface area contributed by atoms with Crippen molar-refractivity contribution in [2.75, 3.05) is 40.3 Å². The van der Waals surface area contributed by atoms with E-state index >= 15 is 0 Å². The molecule has 0 aliphatic carbocycles. The van der Waals surface area contributed by atoms with Crippen LogP contribution in [0.3, 0.4) is 0 Å². The minimum Gasteiger partial charge on any atom is -0.747 e. The predicted octanol–water partition coefficient (Wildman–Crippen LogP) is 4.74. The average Bonchev–Trinajstić information content (AvgIpc) is 2.77. The molecule has 1 amide bonds. The van der Waals surface area contributed by atoms with Crippen molar-refractivity contribution in [2.45, 2.75) is 121 Å². The second-order valence-electron chi connectivity index (χ2n) is 10.5. The molecule has 0 radical (unpaired) electrons. The van der Waals surface area contributed by atoms with Crippen LogP contribution in [0.1, 0.15) is 116 Å². The second kappa shape index (κ2) is 20.5. The van der Waals surface area contributed by atoms with E-state index in [2.05, 4.69) is 12.2 Å². The average molecular weight is 507 g/mol. The van der Waals surface area contributed by atoms with E-state index in [1.54, 1.807) is 0 Å². The lowest BCUT2D eigenvalue weighted by Gasteiger charge is -2.33. The third-order valence-corrected chi connectivity index (χ3v) is 7.69. The van der Waals surface area contributed by atoms with Gasteiger partial charge in [-0.25, -0.2) is 8.42 Å². The molecule has 0 saturated carbocycles. The fraction of sp³-hybridized carbons (Fsp3) is 0.962. The van der Waals surface area contributed by atoms with Crippen molar-refractivity contribution >= 4 is 16.0 Å². The molecular weight excluding hydrogens is 452 g/mol. The first-order valence-electron chi connectivity index (χ1n) is 13.8. The molecule has 0 saturated heterocycles. The van der Waals surface area contributed by atoms with Gasteiger partial charge in [0.15, 0.2) is 0 Å². The molecule has 0 aromatic carbocycles. The van der Waals surface area contributed by atoms with Crippen LogP contribution in [0.4, 0.5) is 0 Å². The molecule has 7 nitrogen and oxygen atoms in total. The maximum Gasteiger partial charge on any atom is 0.219 e. The number of nitrogens with zero attached hydrogens (tertiary/aromatic N) is 1. The van der Waals surface area contributed by atoms with Crippen LogP contribution in [0.5, 0.6) is 0 Å². The van der Waals surface area contributed by atoms with E-state index in [1.165, 1.54) is 83.5 Å². The lowest BCUT2D eigenvalue weighted by atomic mass is 10.0. The van der Waals surface area contributed by atoms with Gasteiger partial charge < -0.3 is 19.5 Å². The normalized spacial score (nSPS) is 13.2. The summed E-state index contributed by atoms with van der Waals surface area (Å²) < 4.78 is 33.8. The Morgan fingerprint density at radius 1 is 0.824 bits per heavy atom. The lowest BCUT2D eigenvalue weighted by Crippen LogP contribution is -2.49. The molecule has 204 valence electrons. The predicted molar refractivity (Wildman–Crippen MR) is 140 cm³/mol. The zero-order chi connectivity index (χ0) is 25.7. The highest BCUT2D eigenvalue weighted by atomic mass is 32.2. The molecule has 2 N–H and O–H groups in total. The number of carbonyl (C=O) groups excluding carboxylic acids is 1. The van der Waals surface area contributed by atoms with E-state index in [-0.39, 0.29) is 12.5 Å². The minimum absolute atomic E-state index is 0.0649. The maximum atomic E-state index is 12.0. The number of carbonyl (C=O) groups is 1. The molecule has 34 heavy (non-hydrogen) atoms. The molecular formula is C26H54N2O5S. The van der Waals surface area contributed by atoms with Crippen molar-refractivity contribution in [3.05, 3.63) is 0 Å². The molecule has 0 bridgehead atoms. The van der Waals surface area contributed by atoms with Crippen molar-refractivity contribution in [1.29, 1.82) is 0 Å². The van der Waals surface area contributed by atoms with Crippen molar-refractivity contribution in [3.8, 4) is 0 Å². The summed E-state index contributed by atoms with van der Waals surface area (Å²) in [4.78, 5) is 12.0. The third-order valence-electron chi connectivity index (χ3n) is 6.58. The number of rotatable bonds is 24. The summed E-state index contributed by atoms with van der Waals surface area (Å²) in [6, 6.07) is 0. The van der Waals surface area contributed by atoms with Gasteiger partial charge >= 0.3 is 0 Å². The van der Waals surface area contributed by atoms with Crippen LogP contribution >= 0.6 is 0 Å². The second-order valence-corrected chi connectivity index (χ2v) is 12.2. The van der Waals surface area contributed by atoms with Crippen LogP contribution in [-0.2, 0) is 14.9 Å². The Morgan fingerprint density at radius 3 is 1.68 bits per heavy atom. The van der Waals surface area contributed by atoms with Gasteiger partial charge in [0.05, 0.1) is 33.8 Å². The standard InChI is InChI=1S/C26H54N2O5S/c1-4-5-6-7-8-9-10-11-12-13-14-15-16-17-18-20-26(30)27-21-19-22-28(2,3)23-25(24-29)34(31,32)33/h25,29H,4-24H2,1-3H3,(H-,27,30,31,32,33). The Morgan fingerprint density at radius 2 is 1.26 bits per heavy atom. The summed E-state index contributed by atoms with van der Waals surface area (Å²) in [6.45, 7) is 2.82. The maximum absolute atomic E-state index is 12.0. The molecule has 0 aromatic rings. The monoisotopic (exact) mass is 506 g/mol. The number of quaternary nitrogens is 1. The Hall–Kier alpha value is -0.700. The first-order chi connectivity index (χ1) is 16.1. The van der Waals surface area contributed by atoms with Gasteiger partial charge in [0.25, 0.3) is 0 Å². The van der Waals surface area contributed by atoms with Crippen molar-refractivity contribution in [2.24, 2.45) is 0 Å². The highest BCUT2D eigenvalue weighted by Gasteiger charge is 2.26. The molecule has 0 heterocycles. The number of unbranched alkanes of at least 4 members (excludes halogenated alkanes) is 14. The summed E-state index contributed by atoms with van der Waals surface area (Å²) in [5.74, 6) is 0.0652. The Balaban J connectivity index is 3.55. The number of nitrogens with one attached hydrogen (secondary N) is 1. The van der Waals surface area contributed by atoms with Crippen LogP contribution in [0.25, 0.3) is 0 Å². The van der Waals surface area contributed by atoms with Gasteiger partial charge in [-0.3, -0.25) is 4.79 Å². The summed E-state index contributed by atoms with van der Waals surface area (Å²) in [7, 11) is -0.857. The van der Waals surface area contributed by atoms with Crippen LogP contribution in [0.15, 0.2) is 0 Å². The summed E-state index contributed by atoms with van der Waals surface area (Å²) in [6.07, 6.45) is 20.8. The summed E-state index contributed by atoms with van der Waals surface area (Å²) in [5.41, 5.74) is 0. The van der Waals surface area contributed by atoms with E-state index < -0.39 is 22.0 Å². The zero-order valence-electron chi connectivity index (χ0n) is 22.4. The van der Waals surface area contributed by atoms with Crippen LogP contribution < -0.4 is 5.32 Å². The highest BCUT2D eigenvalue weighted by Crippen LogP contribution is 2.14.